The summed E-state index contributed by atoms with van der Waals surface area (Å²) in [5.41, 5.74) is 3.67. The highest BCUT2D eigenvalue weighted by Gasteiger charge is 2.10. The fourth-order valence-corrected chi connectivity index (χ4v) is 3.33. The van der Waals surface area contributed by atoms with Crippen molar-refractivity contribution in [2.75, 3.05) is 32.8 Å². The second-order valence-corrected chi connectivity index (χ2v) is 7.32. The molecule has 0 amide bonds. The summed E-state index contributed by atoms with van der Waals surface area (Å²) in [5, 5.41) is 7.43. The minimum Gasteiger partial charge on any atom is -0.379 e. The van der Waals surface area contributed by atoms with Crippen LogP contribution in [0.2, 0.25) is 5.02 Å². The average molecular weight is 529 g/mol. The molecule has 0 unspecified atom stereocenters. The molecule has 2 N–H and O–H groups in total. The second-order valence-electron chi connectivity index (χ2n) is 6.88. The molecule has 2 aromatic carbocycles. The lowest BCUT2D eigenvalue weighted by molar-refractivity contribution is 0.0342. The van der Waals surface area contributed by atoms with Gasteiger partial charge in [0.25, 0.3) is 0 Å². The molecule has 0 atom stereocenters. The van der Waals surface area contributed by atoms with Crippen LogP contribution >= 0.6 is 35.6 Å². The van der Waals surface area contributed by atoms with Crippen LogP contribution in [0, 0.1) is 0 Å². The molecular weight excluding hydrogens is 499 g/mol. The molecule has 1 heterocycles. The molecule has 1 saturated heterocycles. The van der Waals surface area contributed by atoms with Crippen molar-refractivity contribution < 1.29 is 4.74 Å². The molecule has 0 radical (unpaired) electrons. The van der Waals surface area contributed by atoms with Crippen molar-refractivity contribution >= 4 is 41.5 Å². The van der Waals surface area contributed by atoms with E-state index in [2.05, 4.69) is 51.7 Å². The van der Waals surface area contributed by atoms with Gasteiger partial charge in [-0.15, -0.1) is 24.0 Å². The van der Waals surface area contributed by atoms with Crippen LogP contribution in [0.4, 0.5) is 0 Å². The van der Waals surface area contributed by atoms with Gasteiger partial charge >= 0.3 is 0 Å². The number of hydrogen-bond acceptors (Lipinski definition) is 3. The Bertz CT molecular complexity index is 764. The van der Waals surface area contributed by atoms with Crippen molar-refractivity contribution in [1.82, 2.24) is 15.5 Å². The van der Waals surface area contributed by atoms with Gasteiger partial charge in [0.05, 0.1) is 19.8 Å². The van der Waals surface area contributed by atoms with E-state index in [-0.39, 0.29) is 24.0 Å². The molecule has 1 aliphatic heterocycles. The molecule has 0 bridgehead atoms. The zero-order valence-corrected chi connectivity index (χ0v) is 20.0. The van der Waals surface area contributed by atoms with Crippen LogP contribution in [0.1, 0.15) is 23.6 Å². The normalized spacial score (nSPS) is 14.9. The molecule has 7 heteroatoms. The summed E-state index contributed by atoms with van der Waals surface area (Å²) in [6.45, 7) is 8.90. The van der Waals surface area contributed by atoms with Crippen LogP contribution in [0.3, 0.4) is 0 Å². The van der Waals surface area contributed by atoms with E-state index in [9.17, 15) is 0 Å². The molecule has 1 aliphatic rings. The van der Waals surface area contributed by atoms with Gasteiger partial charge in [-0.2, -0.15) is 0 Å². The molecule has 29 heavy (non-hydrogen) atoms. The Morgan fingerprint density at radius 1 is 1.03 bits per heavy atom. The summed E-state index contributed by atoms with van der Waals surface area (Å²) in [4.78, 5) is 7.09. The minimum atomic E-state index is 0. The van der Waals surface area contributed by atoms with Gasteiger partial charge < -0.3 is 15.4 Å². The average Bonchev–Trinajstić information content (AvgIpc) is 2.72. The number of morpholine rings is 1. The predicted molar refractivity (Wildman–Crippen MR) is 131 cm³/mol. The molecule has 0 saturated carbocycles. The van der Waals surface area contributed by atoms with Gasteiger partial charge in [0.1, 0.15) is 0 Å². The lowest BCUT2D eigenvalue weighted by atomic mass is 10.1. The summed E-state index contributed by atoms with van der Waals surface area (Å²) in [6.07, 6.45) is 0. The first-order chi connectivity index (χ1) is 13.7. The largest absolute Gasteiger partial charge is 0.379 e. The van der Waals surface area contributed by atoms with E-state index >= 15 is 0 Å². The first-order valence-electron chi connectivity index (χ1n) is 9.87. The lowest BCUT2D eigenvalue weighted by Gasteiger charge is -2.26. The highest BCUT2D eigenvalue weighted by Crippen LogP contribution is 2.12. The maximum atomic E-state index is 6.05. The van der Waals surface area contributed by atoms with Gasteiger partial charge in [0.2, 0.25) is 0 Å². The Morgan fingerprint density at radius 3 is 2.45 bits per heavy atom. The topological polar surface area (TPSA) is 48.9 Å². The number of guanidine groups is 1. The van der Waals surface area contributed by atoms with E-state index < -0.39 is 0 Å². The van der Waals surface area contributed by atoms with Crippen LogP contribution in [-0.2, 0) is 24.4 Å². The number of rotatable bonds is 7. The second kappa shape index (κ2) is 13.1. The van der Waals surface area contributed by atoms with Gasteiger partial charge in [0.15, 0.2) is 5.96 Å². The first kappa shape index (κ1) is 23.9. The van der Waals surface area contributed by atoms with E-state index in [4.69, 9.17) is 16.3 Å². The van der Waals surface area contributed by atoms with Crippen molar-refractivity contribution in [1.29, 1.82) is 0 Å². The number of hydrogen-bond donors (Lipinski definition) is 2. The summed E-state index contributed by atoms with van der Waals surface area (Å²) >= 11 is 6.05. The smallest absolute Gasteiger partial charge is 0.191 e. The molecule has 0 spiro atoms. The summed E-state index contributed by atoms with van der Waals surface area (Å²) in [6, 6.07) is 16.6. The Hall–Kier alpha value is -1.35. The first-order valence-corrected chi connectivity index (χ1v) is 10.3. The summed E-state index contributed by atoms with van der Waals surface area (Å²) < 4.78 is 5.41. The minimum absolute atomic E-state index is 0. The van der Waals surface area contributed by atoms with E-state index in [1.165, 1.54) is 11.1 Å². The van der Waals surface area contributed by atoms with Gasteiger partial charge in [0, 0.05) is 37.7 Å². The third-order valence-electron chi connectivity index (χ3n) is 4.65. The van der Waals surface area contributed by atoms with Gasteiger partial charge in [-0.1, -0.05) is 48.0 Å². The Labute approximate surface area is 195 Å². The van der Waals surface area contributed by atoms with Gasteiger partial charge in [-0.25, -0.2) is 4.99 Å². The van der Waals surface area contributed by atoms with E-state index in [1.54, 1.807) is 0 Å². The third-order valence-corrected chi connectivity index (χ3v) is 4.88. The molecule has 5 nitrogen and oxygen atoms in total. The standard InChI is InChI=1S/C22H29ClN4O.HI/c1-2-24-22(26-16-20-4-3-5-21(23)14-20)25-15-18-6-8-19(9-7-18)17-27-10-12-28-13-11-27;/h3-9,14H,2,10-13,15-17H2,1H3,(H2,24,25,26);1H. The van der Waals surface area contributed by atoms with Crippen LogP contribution < -0.4 is 10.6 Å². The van der Waals surface area contributed by atoms with Gasteiger partial charge in [-0.3, -0.25) is 4.90 Å². The zero-order valence-electron chi connectivity index (χ0n) is 16.9. The molecule has 3 rings (SSSR count). The Kier molecular flexibility index (Phi) is 10.8. The maximum Gasteiger partial charge on any atom is 0.191 e. The Balaban J connectivity index is 0.00000300. The summed E-state index contributed by atoms with van der Waals surface area (Å²) in [7, 11) is 0. The highest BCUT2D eigenvalue weighted by molar-refractivity contribution is 14.0. The van der Waals surface area contributed by atoms with Crippen molar-refractivity contribution in [2.24, 2.45) is 4.99 Å². The van der Waals surface area contributed by atoms with E-state index in [0.717, 1.165) is 62.5 Å². The van der Waals surface area contributed by atoms with Crippen LogP contribution in [0.5, 0.6) is 0 Å². The van der Waals surface area contributed by atoms with Crippen molar-refractivity contribution in [3.63, 3.8) is 0 Å². The van der Waals surface area contributed by atoms with Crippen LogP contribution in [-0.4, -0.2) is 43.7 Å². The molecular formula is C22H30ClIN4O. The highest BCUT2D eigenvalue weighted by atomic mass is 127. The summed E-state index contributed by atoms with van der Waals surface area (Å²) in [5.74, 6) is 0.805. The van der Waals surface area contributed by atoms with Crippen LogP contribution in [0.15, 0.2) is 53.5 Å². The SMILES string of the molecule is CCNC(=NCc1cccc(Cl)c1)NCc1ccc(CN2CCOCC2)cc1.I. The molecule has 0 aromatic heterocycles. The fraction of sp³-hybridized carbons (Fsp3) is 0.409. The number of halogens is 2. The Morgan fingerprint density at radius 2 is 1.76 bits per heavy atom. The third kappa shape index (κ3) is 8.50. The van der Waals surface area contributed by atoms with Crippen molar-refractivity contribution in [3.05, 3.63) is 70.2 Å². The zero-order chi connectivity index (χ0) is 19.6. The lowest BCUT2D eigenvalue weighted by Crippen LogP contribution is -2.36. The van der Waals surface area contributed by atoms with E-state index in [1.807, 2.05) is 24.3 Å². The number of ether oxygens (including phenoxy) is 1. The number of nitrogens with one attached hydrogen (secondary N) is 2. The maximum absolute atomic E-state index is 6.05. The van der Waals surface area contributed by atoms with Crippen molar-refractivity contribution in [3.8, 4) is 0 Å². The molecule has 1 fully saturated rings. The van der Waals surface area contributed by atoms with Gasteiger partial charge in [-0.05, 0) is 35.7 Å². The molecule has 0 aliphatic carbocycles. The number of benzene rings is 2. The predicted octanol–water partition coefficient (Wildman–Crippen LogP) is 4.05. The van der Waals surface area contributed by atoms with Crippen LogP contribution in [0.25, 0.3) is 0 Å². The molecule has 2 aromatic rings. The van der Waals surface area contributed by atoms with E-state index in [0.29, 0.717) is 6.54 Å². The fourth-order valence-electron chi connectivity index (χ4n) is 3.11. The van der Waals surface area contributed by atoms with Crippen molar-refractivity contribution in [2.45, 2.75) is 26.6 Å². The quantitative estimate of drug-likeness (QED) is 0.324. The monoisotopic (exact) mass is 528 g/mol. The number of aliphatic imine (C=N–C) groups is 1. The number of nitrogens with zero attached hydrogens (tertiary/aromatic N) is 2. The molecule has 158 valence electrons.